The molecule has 1 amide bonds. The van der Waals surface area contributed by atoms with Crippen LogP contribution in [0.2, 0.25) is 5.02 Å². The number of hydrogen-bond acceptors (Lipinski definition) is 4. The first-order chi connectivity index (χ1) is 16.1. The van der Waals surface area contributed by atoms with E-state index in [-0.39, 0.29) is 5.91 Å². The molecule has 0 atom stereocenters. The number of benzene rings is 3. The average Bonchev–Trinajstić information content (AvgIpc) is 3.28. The summed E-state index contributed by atoms with van der Waals surface area (Å²) in [6, 6.07) is 24.9. The molecule has 7 heteroatoms. The van der Waals surface area contributed by atoms with E-state index in [4.69, 9.17) is 16.7 Å². The number of rotatable bonds is 5. The van der Waals surface area contributed by atoms with E-state index in [9.17, 15) is 4.79 Å². The predicted octanol–water partition coefficient (Wildman–Crippen LogP) is 5.41. The van der Waals surface area contributed by atoms with Crippen molar-refractivity contribution in [3.05, 3.63) is 108 Å². The van der Waals surface area contributed by atoms with Gasteiger partial charge in [0.1, 0.15) is 5.69 Å². The molecule has 0 aliphatic heterocycles. The molecule has 6 nitrogen and oxygen atoms in total. The van der Waals surface area contributed by atoms with Crippen molar-refractivity contribution in [1.82, 2.24) is 24.6 Å². The van der Waals surface area contributed by atoms with Crippen molar-refractivity contribution in [1.29, 1.82) is 0 Å². The monoisotopic (exact) mass is 453 g/mol. The number of amides is 1. The van der Waals surface area contributed by atoms with Crippen LogP contribution in [0.5, 0.6) is 0 Å². The van der Waals surface area contributed by atoms with Gasteiger partial charge in [-0.15, -0.1) is 0 Å². The Morgan fingerprint density at radius 3 is 2.39 bits per heavy atom. The number of hydrogen-bond donors (Lipinski definition) is 0. The highest BCUT2D eigenvalue weighted by Gasteiger charge is 2.19. The molecule has 0 spiro atoms. The summed E-state index contributed by atoms with van der Waals surface area (Å²) in [5.41, 5.74) is 5.32. The number of halogens is 1. The Balaban J connectivity index is 1.48. The van der Waals surface area contributed by atoms with Crippen LogP contribution in [0.1, 0.15) is 16.1 Å². The summed E-state index contributed by atoms with van der Waals surface area (Å²) in [6.45, 7) is 0.359. The minimum Gasteiger partial charge on any atom is -0.336 e. The molecule has 0 unspecified atom stereocenters. The van der Waals surface area contributed by atoms with Gasteiger partial charge in [-0.2, -0.15) is 5.10 Å². The molecule has 0 bridgehead atoms. The molecule has 0 N–H and O–H groups in total. The van der Waals surface area contributed by atoms with Gasteiger partial charge in [-0.25, -0.2) is 9.67 Å². The van der Waals surface area contributed by atoms with Gasteiger partial charge in [-0.1, -0.05) is 54.1 Å². The summed E-state index contributed by atoms with van der Waals surface area (Å²) in [6.07, 6.45) is 3.48. The van der Waals surface area contributed by atoms with Crippen LogP contribution >= 0.6 is 11.6 Å². The molecule has 5 aromatic rings. The maximum absolute atomic E-state index is 13.1. The topological polar surface area (TPSA) is 63.9 Å². The molecule has 3 aromatic carbocycles. The number of nitrogens with zero attached hydrogens (tertiary/aromatic N) is 5. The molecule has 0 saturated carbocycles. The van der Waals surface area contributed by atoms with Crippen molar-refractivity contribution < 1.29 is 4.79 Å². The van der Waals surface area contributed by atoms with Crippen molar-refractivity contribution >= 4 is 28.5 Å². The van der Waals surface area contributed by atoms with E-state index in [2.05, 4.69) is 9.97 Å². The van der Waals surface area contributed by atoms with Crippen LogP contribution in [0.25, 0.3) is 28.0 Å². The van der Waals surface area contributed by atoms with Crippen molar-refractivity contribution in [3.63, 3.8) is 0 Å². The van der Waals surface area contributed by atoms with Gasteiger partial charge < -0.3 is 4.90 Å². The van der Waals surface area contributed by atoms with E-state index in [1.807, 2.05) is 89.7 Å². The van der Waals surface area contributed by atoms with Crippen LogP contribution in [0.4, 0.5) is 0 Å². The summed E-state index contributed by atoms with van der Waals surface area (Å²) in [5.74, 6) is -0.206. The first kappa shape index (κ1) is 20.8. The maximum Gasteiger partial charge on any atom is 0.274 e. The van der Waals surface area contributed by atoms with Crippen LogP contribution < -0.4 is 0 Å². The second kappa shape index (κ2) is 8.84. The minimum atomic E-state index is -0.206. The van der Waals surface area contributed by atoms with E-state index < -0.39 is 0 Å². The average molecular weight is 454 g/mol. The zero-order valence-corrected chi connectivity index (χ0v) is 18.6. The zero-order valence-electron chi connectivity index (χ0n) is 17.9. The lowest BCUT2D eigenvalue weighted by Gasteiger charge is -2.16. The van der Waals surface area contributed by atoms with E-state index in [1.54, 1.807) is 11.9 Å². The lowest BCUT2D eigenvalue weighted by atomic mass is 10.1. The highest BCUT2D eigenvalue weighted by molar-refractivity contribution is 6.30. The van der Waals surface area contributed by atoms with E-state index in [0.29, 0.717) is 22.8 Å². The van der Waals surface area contributed by atoms with Gasteiger partial charge in [0, 0.05) is 35.9 Å². The number of para-hydroxylation sites is 3. The van der Waals surface area contributed by atoms with Gasteiger partial charge in [-0.3, -0.25) is 9.78 Å². The van der Waals surface area contributed by atoms with Crippen LogP contribution in [0.15, 0.2) is 91.3 Å². The van der Waals surface area contributed by atoms with E-state index in [0.717, 1.165) is 28.0 Å². The third-order valence-electron chi connectivity index (χ3n) is 5.35. The van der Waals surface area contributed by atoms with Gasteiger partial charge in [-0.05, 0) is 36.4 Å². The fourth-order valence-corrected chi connectivity index (χ4v) is 3.80. The van der Waals surface area contributed by atoms with Crippen molar-refractivity contribution in [2.24, 2.45) is 0 Å². The second-order valence-electron chi connectivity index (χ2n) is 7.70. The largest absolute Gasteiger partial charge is 0.336 e. The number of carbonyl (C=O) groups excluding carboxylic acids is 1. The number of aromatic nitrogens is 4. The Hall–Kier alpha value is -4.03. The van der Waals surface area contributed by atoms with Crippen molar-refractivity contribution in [3.8, 4) is 16.9 Å². The van der Waals surface area contributed by atoms with Gasteiger partial charge in [0.15, 0.2) is 0 Å². The highest BCUT2D eigenvalue weighted by atomic mass is 35.5. The molecule has 162 valence electrons. The minimum absolute atomic E-state index is 0.206. The van der Waals surface area contributed by atoms with Crippen LogP contribution in [0.3, 0.4) is 0 Å². The maximum atomic E-state index is 13.1. The molecule has 0 aliphatic carbocycles. The Morgan fingerprint density at radius 1 is 0.939 bits per heavy atom. The molecular weight excluding hydrogens is 434 g/mol. The molecule has 0 fully saturated rings. The Labute approximate surface area is 196 Å². The van der Waals surface area contributed by atoms with E-state index >= 15 is 0 Å². The zero-order chi connectivity index (χ0) is 22.8. The second-order valence-corrected chi connectivity index (χ2v) is 8.13. The highest BCUT2D eigenvalue weighted by Crippen LogP contribution is 2.26. The quantitative estimate of drug-likeness (QED) is 0.357. The standard InChI is InChI=1S/C26H20ClN5O/c1-31(26(33)24-15-28-22-9-5-6-10-23(22)29-24)16-19-17-32(21-7-3-2-4-8-21)30-25(19)18-11-13-20(27)14-12-18/h2-15,17H,16H2,1H3. The molecule has 33 heavy (non-hydrogen) atoms. The number of carbonyl (C=O) groups is 1. The van der Waals surface area contributed by atoms with E-state index in [1.165, 1.54) is 6.20 Å². The van der Waals surface area contributed by atoms with Crippen molar-refractivity contribution in [2.75, 3.05) is 7.05 Å². The third kappa shape index (κ3) is 4.33. The van der Waals surface area contributed by atoms with Crippen LogP contribution in [-0.4, -0.2) is 37.6 Å². The Bertz CT molecular complexity index is 1430. The molecule has 2 aromatic heterocycles. The summed E-state index contributed by atoms with van der Waals surface area (Å²) in [7, 11) is 1.75. The van der Waals surface area contributed by atoms with Gasteiger partial charge in [0.2, 0.25) is 0 Å². The summed E-state index contributed by atoms with van der Waals surface area (Å²) in [5, 5.41) is 5.47. The van der Waals surface area contributed by atoms with Gasteiger partial charge >= 0.3 is 0 Å². The van der Waals surface area contributed by atoms with Crippen LogP contribution in [-0.2, 0) is 6.54 Å². The number of fused-ring (bicyclic) bond motifs is 1. The molecule has 5 rings (SSSR count). The smallest absolute Gasteiger partial charge is 0.274 e. The first-order valence-corrected chi connectivity index (χ1v) is 10.8. The summed E-state index contributed by atoms with van der Waals surface area (Å²) in [4.78, 5) is 23.6. The molecule has 0 aliphatic rings. The fourth-order valence-electron chi connectivity index (χ4n) is 3.67. The predicted molar refractivity (Wildman–Crippen MR) is 129 cm³/mol. The molecular formula is C26H20ClN5O. The fraction of sp³-hybridized carbons (Fsp3) is 0.0769. The molecule has 0 saturated heterocycles. The van der Waals surface area contributed by atoms with Crippen LogP contribution in [0, 0.1) is 0 Å². The summed E-state index contributed by atoms with van der Waals surface area (Å²) >= 11 is 6.08. The lowest BCUT2D eigenvalue weighted by molar-refractivity contribution is 0.0779. The molecule has 0 radical (unpaired) electrons. The van der Waals surface area contributed by atoms with Crippen molar-refractivity contribution in [2.45, 2.75) is 6.54 Å². The SMILES string of the molecule is CN(Cc1cn(-c2ccccc2)nc1-c1ccc(Cl)cc1)C(=O)c1cnc2ccccc2n1. The molecule has 2 heterocycles. The third-order valence-corrected chi connectivity index (χ3v) is 5.60. The Kier molecular flexibility index (Phi) is 5.59. The van der Waals surface area contributed by atoms with Gasteiger partial charge in [0.25, 0.3) is 5.91 Å². The van der Waals surface area contributed by atoms with Gasteiger partial charge in [0.05, 0.1) is 28.6 Å². The Morgan fingerprint density at radius 2 is 1.64 bits per heavy atom. The normalized spacial score (nSPS) is 11.0. The lowest BCUT2D eigenvalue weighted by Crippen LogP contribution is -2.27. The first-order valence-electron chi connectivity index (χ1n) is 10.5. The summed E-state index contributed by atoms with van der Waals surface area (Å²) < 4.78 is 1.83.